The number of anilines is 1. The Balaban J connectivity index is 2.33. The Morgan fingerprint density at radius 1 is 1.29 bits per heavy atom. The van der Waals surface area contributed by atoms with E-state index in [9.17, 15) is 4.39 Å². The Kier molecular flexibility index (Phi) is 4.42. The summed E-state index contributed by atoms with van der Waals surface area (Å²) in [7, 11) is 1.88. The summed E-state index contributed by atoms with van der Waals surface area (Å²) in [5, 5.41) is 12.0. The highest BCUT2D eigenvalue weighted by Gasteiger charge is 2.12. The van der Waals surface area contributed by atoms with Gasteiger partial charge >= 0.3 is 0 Å². The molecule has 0 spiro atoms. The molecule has 0 amide bonds. The molecule has 0 fully saturated rings. The fraction of sp³-hybridized carbons (Fsp3) is 0.188. The van der Waals surface area contributed by atoms with E-state index in [0.717, 1.165) is 16.8 Å². The molecule has 110 valence electrons. The first kappa shape index (κ1) is 14.8. The Morgan fingerprint density at radius 2 is 2.05 bits per heavy atom. The number of rotatable bonds is 4. The lowest BCUT2D eigenvalue weighted by molar-refractivity contribution is 0.318. The maximum absolute atomic E-state index is 13.2. The average Bonchev–Trinajstić information content (AvgIpc) is 2.46. The summed E-state index contributed by atoms with van der Waals surface area (Å²) in [5.41, 5.74) is 9.07. The molecule has 0 heterocycles. The molecular formula is C16H18FN3O. The lowest BCUT2D eigenvalue weighted by atomic mass is 10.1. The van der Waals surface area contributed by atoms with Gasteiger partial charge in [0.05, 0.1) is 0 Å². The number of nitrogens with zero attached hydrogens (tertiary/aromatic N) is 2. The molecule has 2 rings (SSSR count). The normalized spacial score (nSPS) is 11.5. The third kappa shape index (κ3) is 3.51. The van der Waals surface area contributed by atoms with Crippen LogP contribution in [0.3, 0.4) is 0 Å². The fourth-order valence-corrected chi connectivity index (χ4v) is 2.24. The molecule has 2 aromatic rings. The van der Waals surface area contributed by atoms with Crippen LogP contribution in [0, 0.1) is 12.7 Å². The van der Waals surface area contributed by atoms with Crippen molar-refractivity contribution in [2.24, 2.45) is 10.9 Å². The number of amidine groups is 1. The summed E-state index contributed by atoms with van der Waals surface area (Å²) < 4.78 is 13.2. The third-order valence-corrected chi connectivity index (χ3v) is 3.26. The average molecular weight is 287 g/mol. The van der Waals surface area contributed by atoms with Gasteiger partial charge in [0.1, 0.15) is 5.82 Å². The summed E-state index contributed by atoms with van der Waals surface area (Å²) in [6, 6.07) is 12.2. The van der Waals surface area contributed by atoms with Crippen LogP contribution < -0.4 is 10.6 Å². The molecule has 2 aromatic carbocycles. The van der Waals surface area contributed by atoms with Crippen molar-refractivity contribution in [2.45, 2.75) is 13.5 Å². The molecule has 0 unspecified atom stereocenters. The Labute approximate surface area is 123 Å². The van der Waals surface area contributed by atoms with Gasteiger partial charge in [-0.2, -0.15) is 0 Å². The van der Waals surface area contributed by atoms with E-state index in [-0.39, 0.29) is 11.7 Å². The van der Waals surface area contributed by atoms with Crippen LogP contribution in [0.5, 0.6) is 0 Å². The van der Waals surface area contributed by atoms with Gasteiger partial charge in [-0.3, -0.25) is 0 Å². The van der Waals surface area contributed by atoms with Gasteiger partial charge in [0, 0.05) is 24.8 Å². The zero-order valence-electron chi connectivity index (χ0n) is 12.0. The lowest BCUT2D eigenvalue weighted by Gasteiger charge is -2.22. The van der Waals surface area contributed by atoms with Crippen molar-refractivity contribution in [1.29, 1.82) is 0 Å². The molecular weight excluding hydrogens is 269 g/mol. The van der Waals surface area contributed by atoms with Crippen molar-refractivity contribution in [3.05, 3.63) is 65.0 Å². The second kappa shape index (κ2) is 6.26. The summed E-state index contributed by atoms with van der Waals surface area (Å²) in [6.45, 7) is 2.46. The van der Waals surface area contributed by atoms with Crippen LogP contribution in [0.15, 0.2) is 47.6 Å². The first-order chi connectivity index (χ1) is 10.0. The molecule has 0 aromatic heterocycles. The monoisotopic (exact) mass is 287 g/mol. The molecule has 21 heavy (non-hydrogen) atoms. The minimum atomic E-state index is -0.263. The maximum Gasteiger partial charge on any atom is 0.172 e. The molecule has 0 aliphatic carbocycles. The second-order valence-electron chi connectivity index (χ2n) is 4.99. The van der Waals surface area contributed by atoms with Crippen LogP contribution in [0.25, 0.3) is 0 Å². The molecule has 0 radical (unpaired) electrons. The quantitative estimate of drug-likeness (QED) is 0.393. The van der Waals surface area contributed by atoms with Crippen molar-refractivity contribution in [2.75, 3.05) is 11.9 Å². The van der Waals surface area contributed by atoms with Crippen molar-refractivity contribution >= 4 is 11.5 Å². The minimum absolute atomic E-state index is 0.0554. The van der Waals surface area contributed by atoms with Crippen molar-refractivity contribution in [3.63, 3.8) is 0 Å². The molecule has 0 aliphatic heterocycles. The van der Waals surface area contributed by atoms with Gasteiger partial charge in [0.25, 0.3) is 0 Å². The van der Waals surface area contributed by atoms with Crippen LogP contribution in [-0.2, 0) is 6.54 Å². The number of halogens is 1. The number of hydrogen-bond acceptors (Lipinski definition) is 3. The largest absolute Gasteiger partial charge is 0.409 e. The topological polar surface area (TPSA) is 61.8 Å². The summed E-state index contributed by atoms with van der Waals surface area (Å²) in [4.78, 5) is 1.93. The Hall–Kier alpha value is -2.56. The predicted octanol–water partition coefficient (Wildman–Crippen LogP) is 2.87. The zero-order chi connectivity index (χ0) is 15.4. The molecule has 0 bridgehead atoms. The van der Waals surface area contributed by atoms with E-state index >= 15 is 0 Å². The Morgan fingerprint density at radius 3 is 2.71 bits per heavy atom. The molecule has 4 nitrogen and oxygen atoms in total. The molecule has 5 heteroatoms. The number of benzene rings is 2. The van der Waals surface area contributed by atoms with E-state index in [0.29, 0.717) is 12.1 Å². The predicted molar refractivity (Wildman–Crippen MR) is 82.2 cm³/mol. The minimum Gasteiger partial charge on any atom is -0.409 e. The number of oxime groups is 1. The van der Waals surface area contributed by atoms with E-state index in [1.165, 1.54) is 12.1 Å². The smallest absolute Gasteiger partial charge is 0.172 e. The Bertz CT molecular complexity index is 670. The lowest BCUT2D eigenvalue weighted by Crippen LogP contribution is -2.22. The molecule has 0 atom stereocenters. The molecule has 0 aliphatic rings. The van der Waals surface area contributed by atoms with Crippen LogP contribution in [0.1, 0.15) is 16.7 Å². The number of aryl methyl sites for hydroxylation is 1. The van der Waals surface area contributed by atoms with Crippen LogP contribution in [0.4, 0.5) is 10.1 Å². The highest BCUT2D eigenvalue weighted by molar-refractivity contribution is 6.02. The third-order valence-electron chi connectivity index (χ3n) is 3.26. The number of hydrogen-bond donors (Lipinski definition) is 2. The van der Waals surface area contributed by atoms with Gasteiger partial charge in [-0.15, -0.1) is 0 Å². The standard InChI is InChI=1S/C16H18FN3O/c1-11-6-7-15(14(8-11)16(18)19-21)20(2)10-12-4-3-5-13(17)9-12/h3-9,21H,10H2,1-2H3,(H2,18,19). The van der Waals surface area contributed by atoms with Crippen molar-refractivity contribution < 1.29 is 9.60 Å². The van der Waals surface area contributed by atoms with E-state index in [1.807, 2.05) is 43.1 Å². The first-order valence-corrected chi connectivity index (χ1v) is 6.55. The van der Waals surface area contributed by atoms with Crippen LogP contribution >= 0.6 is 0 Å². The van der Waals surface area contributed by atoms with Gasteiger partial charge in [-0.25, -0.2) is 4.39 Å². The van der Waals surface area contributed by atoms with Gasteiger partial charge < -0.3 is 15.8 Å². The highest BCUT2D eigenvalue weighted by Crippen LogP contribution is 2.22. The van der Waals surface area contributed by atoms with Gasteiger partial charge in [0.2, 0.25) is 0 Å². The van der Waals surface area contributed by atoms with E-state index in [4.69, 9.17) is 10.9 Å². The van der Waals surface area contributed by atoms with E-state index in [2.05, 4.69) is 5.16 Å². The summed E-state index contributed by atoms with van der Waals surface area (Å²) in [5.74, 6) is -0.207. The SMILES string of the molecule is Cc1ccc(N(C)Cc2cccc(F)c2)c(/C(N)=N/O)c1. The van der Waals surface area contributed by atoms with E-state index < -0.39 is 0 Å². The highest BCUT2D eigenvalue weighted by atomic mass is 19.1. The molecule has 3 N–H and O–H groups in total. The first-order valence-electron chi connectivity index (χ1n) is 6.55. The second-order valence-corrected chi connectivity index (χ2v) is 4.99. The van der Waals surface area contributed by atoms with Gasteiger partial charge in [-0.1, -0.05) is 28.9 Å². The maximum atomic E-state index is 13.2. The molecule has 0 saturated carbocycles. The van der Waals surface area contributed by atoms with Gasteiger partial charge in [-0.05, 0) is 36.8 Å². The summed E-state index contributed by atoms with van der Waals surface area (Å²) >= 11 is 0. The van der Waals surface area contributed by atoms with Crippen molar-refractivity contribution in [1.82, 2.24) is 0 Å². The van der Waals surface area contributed by atoms with Crippen LogP contribution in [-0.4, -0.2) is 18.1 Å². The fourth-order valence-electron chi connectivity index (χ4n) is 2.24. The number of nitrogens with two attached hydrogens (primary N) is 1. The van der Waals surface area contributed by atoms with Crippen LogP contribution in [0.2, 0.25) is 0 Å². The van der Waals surface area contributed by atoms with Gasteiger partial charge in [0.15, 0.2) is 5.84 Å². The van der Waals surface area contributed by atoms with Crippen molar-refractivity contribution in [3.8, 4) is 0 Å². The zero-order valence-corrected chi connectivity index (χ0v) is 12.0. The summed E-state index contributed by atoms with van der Waals surface area (Å²) in [6.07, 6.45) is 0. The van der Waals surface area contributed by atoms with E-state index in [1.54, 1.807) is 6.07 Å². The molecule has 0 saturated heterocycles.